The summed E-state index contributed by atoms with van der Waals surface area (Å²) in [4.78, 5) is 24.7. The second-order valence-electron chi connectivity index (χ2n) is 6.14. The minimum absolute atomic E-state index is 0.101. The maximum Gasteiger partial charge on any atom is 0.379 e. The number of carbonyl (C=O) groups is 2. The van der Waals surface area contributed by atoms with Gasteiger partial charge in [0.25, 0.3) is 5.91 Å². The second kappa shape index (κ2) is 7.99. The topological polar surface area (TPSA) is 68.5 Å². The van der Waals surface area contributed by atoms with Crippen molar-refractivity contribution in [3.8, 4) is 5.75 Å². The number of benzene rings is 3. The molecule has 0 aliphatic rings. The normalized spacial score (nSPS) is 10.7. The Morgan fingerprint density at radius 2 is 1.66 bits per heavy atom. The van der Waals surface area contributed by atoms with E-state index in [0.29, 0.717) is 26.9 Å². The van der Waals surface area contributed by atoms with Crippen molar-refractivity contribution in [3.63, 3.8) is 0 Å². The lowest BCUT2D eigenvalue weighted by Crippen LogP contribution is -2.12. The van der Waals surface area contributed by atoms with E-state index < -0.39 is 5.97 Å². The van der Waals surface area contributed by atoms with E-state index >= 15 is 0 Å². The Morgan fingerprint density at radius 1 is 0.897 bits per heavy atom. The fourth-order valence-corrected chi connectivity index (χ4v) is 3.04. The second-order valence-corrected chi connectivity index (χ2v) is 6.98. The van der Waals surface area contributed by atoms with Crippen LogP contribution in [-0.4, -0.2) is 11.9 Å². The molecule has 144 valence electrons. The first-order chi connectivity index (χ1) is 14.0. The highest BCUT2D eigenvalue weighted by atomic mass is 35.5. The van der Waals surface area contributed by atoms with Gasteiger partial charge in [-0.2, -0.15) is 0 Å². The molecular weight excluding hydrogens is 413 g/mol. The summed E-state index contributed by atoms with van der Waals surface area (Å²) >= 11 is 12.0. The van der Waals surface area contributed by atoms with Crippen LogP contribution in [0.2, 0.25) is 10.0 Å². The summed E-state index contributed by atoms with van der Waals surface area (Å²) in [6.07, 6.45) is 0. The molecule has 4 aromatic rings. The Morgan fingerprint density at radius 3 is 2.41 bits per heavy atom. The number of nitrogens with one attached hydrogen (secondary N) is 1. The van der Waals surface area contributed by atoms with Gasteiger partial charge in [-0.15, -0.1) is 0 Å². The van der Waals surface area contributed by atoms with E-state index in [4.69, 9.17) is 32.4 Å². The molecular formula is C22H13Cl2NO4. The van der Waals surface area contributed by atoms with Gasteiger partial charge in [0.2, 0.25) is 5.76 Å². The van der Waals surface area contributed by atoms with Crippen LogP contribution in [0.4, 0.5) is 5.69 Å². The molecule has 0 atom stereocenters. The Balaban J connectivity index is 1.45. The molecule has 3 aromatic carbocycles. The molecule has 5 nitrogen and oxygen atoms in total. The molecule has 29 heavy (non-hydrogen) atoms. The smallest absolute Gasteiger partial charge is 0.379 e. The summed E-state index contributed by atoms with van der Waals surface area (Å²) in [6.45, 7) is 0. The van der Waals surface area contributed by atoms with Crippen LogP contribution in [0, 0.1) is 0 Å². The van der Waals surface area contributed by atoms with Gasteiger partial charge < -0.3 is 14.5 Å². The zero-order chi connectivity index (χ0) is 20.4. The molecule has 4 rings (SSSR count). The van der Waals surface area contributed by atoms with Gasteiger partial charge in [0.15, 0.2) is 0 Å². The minimum atomic E-state index is -0.621. The molecule has 0 saturated heterocycles. The van der Waals surface area contributed by atoms with E-state index in [1.807, 2.05) is 18.2 Å². The number of rotatable bonds is 4. The first kappa shape index (κ1) is 19.1. The van der Waals surface area contributed by atoms with Crippen molar-refractivity contribution in [2.75, 3.05) is 5.32 Å². The number of carbonyl (C=O) groups excluding carboxylic acids is 2. The molecule has 1 N–H and O–H groups in total. The van der Waals surface area contributed by atoms with E-state index in [-0.39, 0.29) is 17.4 Å². The predicted molar refractivity (Wildman–Crippen MR) is 112 cm³/mol. The van der Waals surface area contributed by atoms with Crippen LogP contribution >= 0.6 is 23.2 Å². The van der Waals surface area contributed by atoms with Crippen LogP contribution in [-0.2, 0) is 0 Å². The fraction of sp³-hybridized carbons (Fsp3) is 0. The van der Waals surface area contributed by atoms with Crippen LogP contribution in [0.15, 0.2) is 77.2 Å². The average Bonchev–Trinajstić information content (AvgIpc) is 3.16. The lowest BCUT2D eigenvalue weighted by molar-refractivity contribution is 0.0704. The van der Waals surface area contributed by atoms with Crippen LogP contribution in [0.5, 0.6) is 5.75 Å². The van der Waals surface area contributed by atoms with Crippen molar-refractivity contribution in [1.82, 2.24) is 0 Å². The zero-order valence-corrected chi connectivity index (χ0v) is 16.3. The summed E-state index contributed by atoms with van der Waals surface area (Å²) in [7, 11) is 0. The first-order valence-corrected chi connectivity index (χ1v) is 9.32. The Kier molecular flexibility index (Phi) is 5.25. The number of furan rings is 1. The summed E-state index contributed by atoms with van der Waals surface area (Å²) in [6, 6.07) is 19.8. The lowest BCUT2D eigenvalue weighted by atomic mass is 10.2. The van der Waals surface area contributed by atoms with Crippen LogP contribution in [0.1, 0.15) is 20.9 Å². The molecule has 7 heteroatoms. The Bertz CT molecular complexity index is 1180. The maximum atomic E-state index is 12.4. The van der Waals surface area contributed by atoms with Crippen molar-refractivity contribution >= 4 is 51.7 Å². The molecule has 0 spiro atoms. The molecule has 1 aromatic heterocycles. The molecule has 1 amide bonds. The van der Waals surface area contributed by atoms with Crippen LogP contribution < -0.4 is 10.1 Å². The van der Waals surface area contributed by atoms with E-state index in [1.165, 1.54) is 24.3 Å². The largest absolute Gasteiger partial charge is 0.449 e. The minimum Gasteiger partial charge on any atom is -0.449 e. The quantitative estimate of drug-likeness (QED) is 0.311. The van der Waals surface area contributed by atoms with Crippen molar-refractivity contribution < 1.29 is 18.7 Å². The Hall–Kier alpha value is -3.28. The van der Waals surface area contributed by atoms with Gasteiger partial charge in [-0.25, -0.2) is 4.79 Å². The number of halogens is 2. The van der Waals surface area contributed by atoms with E-state index in [2.05, 4.69) is 5.32 Å². The SMILES string of the molecule is O=C(Nc1cc(Cl)ccc1Cl)c1ccc(OC(=O)c2cc3ccccc3o2)cc1. The predicted octanol–water partition coefficient (Wildman–Crippen LogP) is 6.21. The zero-order valence-electron chi connectivity index (χ0n) is 14.8. The third kappa shape index (κ3) is 4.26. The van der Waals surface area contributed by atoms with Gasteiger partial charge in [-0.1, -0.05) is 41.4 Å². The van der Waals surface area contributed by atoms with E-state index in [9.17, 15) is 9.59 Å². The molecule has 0 saturated carbocycles. The van der Waals surface area contributed by atoms with Crippen molar-refractivity contribution in [2.24, 2.45) is 0 Å². The lowest BCUT2D eigenvalue weighted by Gasteiger charge is -2.08. The molecule has 0 fully saturated rings. The molecule has 0 unspecified atom stereocenters. The van der Waals surface area contributed by atoms with Crippen molar-refractivity contribution in [3.05, 3.63) is 94.2 Å². The monoisotopic (exact) mass is 425 g/mol. The van der Waals surface area contributed by atoms with E-state index in [0.717, 1.165) is 5.39 Å². The molecule has 0 aliphatic heterocycles. The number of amides is 1. The van der Waals surface area contributed by atoms with E-state index in [1.54, 1.807) is 30.3 Å². The molecule has 0 aliphatic carbocycles. The number of fused-ring (bicyclic) bond motifs is 1. The highest BCUT2D eigenvalue weighted by molar-refractivity contribution is 6.35. The van der Waals surface area contributed by atoms with Gasteiger partial charge >= 0.3 is 5.97 Å². The van der Waals surface area contributed by atoms with Crippen LogP contribution in [0.25, 0.3) is 11.0 Å². The summed E-state index contributed by atoms with van der Waals surface area (Å²) in [5, 5.41) is 4.33. The van der Waals surface area contributed by atoms with Gasteiger partial charge in [0.05, 0.1) is 10.7 Å². The van der Waals surface area contributed by atoms with Gasteiger partial charge in [0, 0.05) is 16.0 Å². The third-order valence-electron chi connectivity index (χ3n) is 4.13. The molecule has 1 heterocycles. The van der Waals surface area contributed by atoms with Gasteiger partial charge in [-0.3, -0.25) is 4.79 Å². The highest BCUT2D eigenvalue weighted by Crippen LogP contribution is 2.26. The van der Waals surface area contributed by atoms with Crippen molar-refractivity contribution in [1.29, 1.82) is 0 Å². The fourth-order valence-electron chi connectivity index (χ4n) is 2.70. The number of hydrogen-bond donors (Lipinski definition) is 1. The van der Waals surface area contributed by atoms with Crippen molar-refractivity contribution in [2.45, 2.75) is 0 Å². The number of ether oxygens (including phenoxy) is 1. The number of para-hydroxylation sites is 1. The standard InChI is InChI=1S/C22H13Cl2NO4/c23-15-7-10-17(24)18(12-15)25-21(26)13-5-8-16(9-6-13)28-22(27)20-11-14-3-1-2-4-19(14)29-20/h1-12H,(H,25,26). The van der Waals surface area contributed by atoms with Gasteiger partial charge in [-0.05, 0) is 54.6 Å². The highest BCUT2D eigenvalue weighted by Gasteiger charge is 2.15. The maximum absolute atomic E-state index is 12.4. The average molecular weight is 426 g/mol. The summed E-state index contributed by atoms with van der Waals surface area (Å²) in [5.74, 6) is -0.607. The summed E-state index contributed by atoms with van der Waals surface area (Å²) in [5.41, 5.74) is 1.38. The molecule has 0 radical (unpaired) electrons. The molecule has 0 bridgehead atoms. The third-order valence-corrected chi connectivity index (χ3v) is 4.70. The van der Waals surface area contributed by atoms with Gasteiger partial charge in [0.1, 0.15) is 11.3 Å². The first-order valence-electron chi connectivity index (χ1n) is 8.57. The number of hydrogen-bond acceptors (Lipinski definition) is 4. The van der Waals surface area contributed by atoms with Crippen LogP contribution in [0.3, 0.4) is 0 Å². The Labute approximate surface area is 175 Å². The number of anilines is 1. The summed E-state index contributed by atoms with van der Waals surface area (Å²) < 4.78 is 10.8. The number of esters is 1.